The molecule has 6 nitrogen and oxygen atoms in total. The number of esters is 1. The first-order chi connectivity index (χ1) is 8.53. The van der Waals surface area contributed by atoms with Gasteiger partial charge in [0.15, 0.2) is 0 Å². The second-order valence-electron chi connectivity index (χ2n) is 3.65. The van der Waals surface area contributed by atoms with Crippen LogP contribution in [-0.4, -0.2) is 32.4 Å². The second-order valence-corrected chi connectivity index (χ2v) is 3.65. The summed E-state index contributed by atoms with van der Waals surface area (Å²) in [5, 5.41) is 9.90. The Morgan fingerprint density at radius 2 is 1.95 bits per heavy atom. The summed E-state index contributed by atoms with van der Waals surface area (Å²) in [5.74, 6) is 0.268. The van der Waals surface area contributed by atoms with Crippen molar-refractivity contribution in [3.05, 3.63) is 17.7 Å². The van der Waals surface area contributed by atoms with Gasteiger partial charge in [0, 0.05) is 18.2 Å². The highest BCUT2D eigenvalue weighted by molar-refractivity contribution is 5.85. The molecule has 0 amide bonds. The van der Waals surface area contributed by atoms with Gasteiger partial charge in [-0.25, -0.2) is 0 Å². The van der Waals surface area contributed by atoms with E-state index in [9.17, 15) is 9.90 Å². The highest BCUT2D eigenvalue weighted by atomic mass is 35.5. The van der Waals surface area contributed by atoms with E-state index in [2.05, 4.69) is 4.74 Å². The van der Waals surface area contributed by atoms with Crippen molar-refractivity contribution < 1.29 is 24.1 Å². The number of hydrogen-bond donors (Lipinski definition) is 2. The van der Waals surface area contributed by atoms with Gasteiger partial charge in [-0.05, 0) is 0 Å². The number of carbonyl (C=O) groups excluding carboxylic acids is 1. The standard InChI is InChI=1S/C12H17NO5.ClH/c1-16-7-4-9(14)12(10(5-7)17-2)8(13)6-11(15)18-3;/h4-5,8,14H,6,13H2,1-3H3;1H/t8-;/m1./s1. The van der Waals surface area contributed by atoms with Crippen molar-refractivity contribution in [3.63, 3.8) is 0 Å². The third-order valence-corrected chi connectivity index (χ3v) is 2.53. The zero-order valence-electron chi connectivity index (χ0n) is 11.0. The van der Waals surface area contributed by atoms with Gasteiger partial charge in [0.2, 0.25) is 0 Å². The van der Waals surface area contributed by atoms with E-state index >= 15 is 0 Å². The molecule has 0 aliphatic rings. The van der Waals surface area contributed by atoms with E-state index in [4.69, 9.17) is 15.2 Å². The lowest BCUT2D eigenvalue weighted by molar-refractivity contribution is -0.141. The lowest BCUT2D eigenvalue weighted by Crippen LogP contribution is -2.17. The Morgan fingerprint density at radius 3 is 2.42 bits per heavy atom. The molecule has 1 aromatic rings. The van der Waals surface area contributed by atoms with Gasteiger partial charge < -0.3 is 25.1 Å². The van der Waals surface area contributed by atoms with Crippen molar-refractivity contribution >= 4 is 18.4 Å². The van der Waals surface area contributed by atoms with Gasteiger partial charge >= 0.3 is 5.97 Å². The Hall–Kier alpha value is -1.66. The number of aromatic hydroxyl groups is 1. The number of ether oxygens (including phenoxy) is 3. The number of phenols is 1. The first-order valence-corrected chi connectivity index (χ1v) is 5.30. The molecule has 0 fully saturated rings. The minimum Gasteiger partial charge on any atom is -0.507 e. The number of phenolic OH excluding ortho intramolecular Hbond substituents is 1. The summed E-state index contributed by atoms with van der Waals surface area (Å²) in [6, 6.07) is 2.29. The van der Waals surface area contributed by atoms with Crippen LogP contribution in [-0.2, 0) is 9.53 Å². The molecule has 7 heteroatoms. The van der Waals surface area contributed by atoms with E-state index in [0.29, 0.717) is 17.1 Å². The van der Waals surface area contributed by atoms with Crippen molar-refractivity contribution in [1.82, 2.24) is 0 Å². The Kier molecular flexibility index (Phi) is 7.03. The fraction of sp³-hybridized carbons (Fsp3) is 0.417. The molecule has 0 saturated heterocycles. The molecule has 0 saturated carbocycles. The molecule has 0 aliphatic heterocycles. The van der Waals surface area contributed by atoms with Gasteiger partial charge in [0.1, 0.15) is 17.2 Å². The highest BCUT2D eigenvalue weighted by Crippen LogP contribution is 2.37. The molecule has 0 bridgehead atoms. The molecule has 1 aromatic carbocycles. The fourth-order valence-corrected chi connectivity index (χ4v) is 1.61. The molecule has 108 valence electrons. The molecule has 1 atom stereocenters. The number of nitrogens with two attached hydrogens (primary N) is 1. The van der Waals surface area contributed by atoms with Crippen molar-refractivity contribution in [2.24, 2.45) is 5.73 Å². The molecule has 0 aromatic heterocycles. The molecular weight excluding hydrogens is 274 g/mol. The van der Waals surface area contributed by atoms with Gasteiger partial charge in [0.05, 0.1) is 33.3 Å². The first-order valence-electron chi connectivity index (χ1n) is 5.30. The Bertz CT molecular complexity index is 438. The van der Waals surface area contributed by atoms with Gasteiger partial charge in [-0.3, -0.25) is 4.79 Å². The van der Waals surface area contributed by atoms with Crippen LogP contribution in [0.15, 0.2) is 12.1 Å². The summed E-state index contributed by atoms with van der Waals surface area (Å²) in [4.78, 5) is 11.2. The normalized spacial score (nSPS) is 11.2. The summed E-state index contributed by atoms with van der Waals surface area (Å²) in [6.45, 7) is 0. The maximum absolute atomic E-state index is 11.2. The summed E-state index contributed by atoms with van der Waals surface area (Å²) in [6.07, 6.45) is -0.0489. The predicted octanol–water partition coefficient (Wildman–Crippen LogP) is 1.39. The Labute approximate surface area is 117 Å². The lowest BCUT2D eigenvalue weighted by atomic mass is 10.0. The topological polar surface area (TPSA) is 91.0 Å². The van der Waals surface area contributed by atoms with Crippen molar-refractivity contribution in [3.8, 4) is 17.2 Å². The smallest absolute Gasteiger partial charge is 0.307 e. The summed E-state index contributed by atoms with van der Waals surface area (Å²) in [7, 11) is 4.20. The summed E-state index contributed by atoms with van der Waals surface area (Å²) >= 11 is 0. The van der Waals surface area contributed by atoms with Crippen LogP contribution in [0.4, 0.5) is 0 Å². The quantitative estimate of drug-likeness (QED) is 0.797. The highest BCUT2D eigenvalue weighted by Gasteiger charge is 2.21. The van der Waals surface area contributed by atoms with Crippen molar-refractivity contribution in [2.45, 2.75) is 12.5 Å². The van der Waals surface area contributed by atoms with E-state index in [1.807, 2.05) is 0 Å². The predicted molar refractivity (Wildman–Crippen MR) is 72.0 cm³/mol. The molecule has 0 spiro atoms. The van der Waals surface area contributed by atoms with Crippen LogP contribution in [0.1, 0.15) is 18.0 Å². The second kappa shape index (κ2) is 7.70. The van der Waals surface area contributed by atoms with Crippen LogP contribution in [0.2, 0.25) is 0 Å². The average molecular weight is 292 g/mol. The maximum atomic E-state index is 11.2. The zero-order valence-corrected chi connectivity index (χ0v) is 11.8. The largest absolute Gasteiger partial charge is 0.507 e. The number of carbonyl (C=O) groups is 1. The SMILES string of the molecule is COC(=O)C[C@@H](N)c1c(O)cc(OC)cc1OC.Cl. The zero-order chi connectivity index (χ0) is 13.7. The molecule has 0 radical (unpaired) electrons. The van der Waals surface area contributed by atoms with E-state index in [-0.39, 0.29) is 24.6 Å². The molecular formula is C12H18ClNO5. The molecule has 3 N–H and O–H groups in total. The molecule has 1 rings (SSSR count). The minimum absolute atomic E-state index is 0. The Balaban J connectivity index is 0.00000324. The monoisotopic (exact) mass is 291 g/mol. The van der Waals surface area contributed by atoms with Crippen LogP contribution >= 0.6 is 12.4 Å². The van der Waals surface area contributed by atoms with Gasteiger partial charge in [-0.15, -0.1) is 12.4 Å². The van der Waals surface area contributed by atoms with Crippen LogP contribution in [0.3, 0.4) is 0 Å². The van der Waals surface area contributed by atoms with E-state index in [1.165, 1.54) is 27.4 Å². The van der Waals surface area contributed by atoms with Gasteiger partial charge in [-0.1, -0.05) is 0 Å². The number of benzene rings is 1. The van der Waals surface area contributed by atoms with Crippen molar-refractivity contribution in [2.75, 3.05) is 21.3 Å². The summed E-state index contributed by atoms with van der Waals surface area (Å²) in [5.41, 5.74) is 6.21. The van der Waals surface area contributed by atoms with Crippen molar-refractivity contribution in [1.29, 1.82) is 0 Å². The van der Waals surface area contributed by atoms with E-state index < -0.39 is 12.0 Å². The third kappa shape index (κ3) is 4.18. The molecule has 0 unspecified atom stereocenters. The number of rotatable bonds is 5. The maximum Gasteiger partial charge on any atom is 0.307 e. The number of halogens is 1. The van der Waals surface area contributed by atoms with Gasteiger partial charge in [-0.2, -0.15) is 0 Å². The first kappa shape index (κ1) is 17.3. The third-order valence-electron chi connectivity index (χ3n) is 2.53. The number of hydrogen-bond acceptors (Lipinski definition) is 6. The Morgan fingerprint density at radius 1 is 1.32 bits per heavy atom. The molecule has 19 heavy (non-hydrogen) atoms. The summed E-state index contributed by atoms with van der Waals surface area (Å²) < 4.78 is 14.7. The average Bonchev–Trinajstić information content (AvgIpc) is 2.36. The van der Waals surface area contributed by atoms with Crippen LogP contribution in [0.25, 0.3) is 0 Å². The van der Waals surface area contributed by atoms with E-state index in [0.717, 1.165) is 0 Å². The lowest BCUT2D eigenvalue weighted by Gasteiger charge is -2.17. The molecule has 0 aliphatic carbocycles. The van der Waals surface area contributed by atoms with Crippen LogP contribution < -0.4 is 15.2 Å². The minimum atomic E-state index is -0.710. The fourth-order valence-electron chi connectivity index (χ4n) is 1.61. The van der Waals surface area contributed by atoms with Crippen LogP contribution in [0, 0.1) is 0 Å². The molecule has 0 heterocycles. The van der Waals surface area contributed by atoms with Gasteiger partial charge in [0.25, 0.3) is 0 Å². The number of methoxy groups -OCH3 is 3. The van der Waals surface area contributed by atoms with Crippen LogP contribution in [0.5, 0.6) is 17.2 Å². The van der Waals surface area contributed by atoms with E-state index in [1.54, 1.807) is 6.07 Å².